The Morgan fingerprint density at radius 1 is 1.47 bits per heavy atom. The molecular weight excluding hydrogens is 214 g/mol. The fourth-order valence-corrected chi connectivity index (χ4v) is 2.54. The van der Waals surface area contributed by atoms with Crippen molar-refractivity contribution >= 4 is 10.9 Å². The molecule has 0 fully saturated rings. The van der Waals surface area contributed by atoms with E-state index in [2.05, 4.69) is 4.98 Å². The first kappa shape index (κ1) is 10.5. The van der Waals surface area contributed by atoms with Crippen molar-refractivity contribution in [3.05, 3.63) is 39.9 Å². The summed E-state index contributed by atoms with van der Waals surface area (Å²) >= 11 is 0. The van der Waals surface area contributed by atoms with E-state index in [1.165, 1.54) is 0 Å². The average molecular weight is 229 g/mol. The van der Waals surface area contributed by atoms with E-state index in [1.54, 1.807) is 4.57 Å². The Balaban J connectivity index is 2.44. The van der Waals surface area contributed by atoms with Crippen molar-refractivity contribution in [2.75, 3.05) is 0 Å². The SMILES string of the molecule is Cc1cccc2nc3n(c(=O)c12)CCC[C@@H]3N. The maximum atomic E-state index is 12.4. The van der Waals surface area contributed by atoms with Gasteiger partial charge in [-0.1, -0.05) is 12.1 Å². The molecule has 2 heterocycles. The van der Waals surface area contributed by atoms with E-state index in [0.29, 0.717) is 0 Å². The summed E-state index contributed by atoms with van der Waals surface area (Å²) in [5.74, 6) is 0.736. The number of nitrogens with two attached hydrogens (primary N) is 1. The summed E-state index contributed by atoms with van der Waals surface area (Å²) in [6.07, 6.45) is 1.86. The number of nitrogens with zero attached hydrogens (tertiary/aromatic N) is 2. The van der Waals surface area contributed by atoms with Crippen LogP contribution in [0.4, 0.5) is 0 Å². The molecule has 88 valence electrons. The molecule has 4 nitrogen and oxygen atoms in total. The van der Waals surface area contributed by atoms with E-state index in [0.717, 1.165) is 41.7 Å². The molecule has 0 aliphatic carbocycles. The third-order valence-corrected chi connectivity index (χ3v) is 3.45. The van der Waals surface area contributed by atoms with Crippen LogP contribution in [-0.4, -0.2) is 9.55 Å². The topological polar surface area (TPSA) is 60.9 Å². The summed E-state index contributed by atoms with van der Waals surface area (Å²) in [6, 6.07) is 5.64. The predicted molar refractivity (Wildman–Crippen MR) is 66.9 cm³/mol. The Labute approximate surface area is 99.1 Å². The number of benzene rings is 1. The second-order valence-electron chi connectivity index (χ2n) is 4.64. The van der Waals surface area contributed by atoms with Gasteiger partial charge in [-0.15, -0.1) is 0 Å². The standard InChI is InChI=1S/C13H15N3O/c1-8-4-2-6-10-11(8)13(17)16-7-3-5-9(14)12(16)15-10/h2,4,6,9H,3,5,7,14H2,1H3/t9-/m0/s1. The number of aryl methyl sites for hydroxylation is 1. The minimum Gasteiger partial charge on any atom is -0.321 e. The van der Waals surface area contributed by atoms with Crippen LogP contribution in [0, 0.1) is 6.92 Å². The van der Waals surface area contributed by atoms with Crippen molar-refractivity contribution in [3.8, 4) is 0 Å². The van der Waals surface area contributed by atoms with Gasteiger partial charge >= 0.3 is 0 Å². The van der Waals surface area contributed by atoms with E-state index >= 15 is 0 Å². The average Bonchev–Trinajstić information content (AvgIpc) is 2.31. The third-order valence-electron chi connectivity index (χ3n) is 3.45. The molecule has 3 rings (SSSR count). The molecule has 0 saturated carbocycles. The summed E-state index contributed by atoms with van der Waals surface area (Å²) in [4.78, 5) is 17.0. The van der Waals surface area contributed by atoms with Gasteiger partial charge in [-0.3, -0.25) is 9.36 Å². The molecular formula is C13H15N3O. The van der Waals surface area contributed by atoms with Crippen LogP contribution in [0.15, 0.2) is 23.0 Å². The normalized spacial score (nSPS) is 19.3. The highest BCUT2D eigenvalue weighted by molar-refractivity contribution is 5.81. The van der Waals surface area contributed by atoms with Gasteiger partial charge in [-0.25, -0.2) is 4.98 Å². The maximum absolute atomic E-state index is 12.4. The fourth-order valence-electron chi connectivity index (χ4n) is 2.54. The number of rotatable bonds is 0. The van der Waals surface area contributed by atoms with Gasteiger partial charge in [0.2, 0.25) is 0 Å². The minimum absolute atomic E-state index is 0.0539. The number of aromatic nitrogens is 2. The lowest BCUT2D eigenvalue weighted by molar-refractivity contribution is 0.435. The second-order valence-corrected chi connectivity index (χ2v) is 4.64. The van der Waals surface area contributed by atoms with E-state index in [1.807, 2.05) is 25.1 Å². The lowest BCUT2D eigenvalue weighted by atomic mass is 10.1. The summed E-state index contributed by atoms with van der Waals surface area (Å²) in [7, 11) is 0. The summed E-state index contributed by atoms with van der Waals surface area (Å²) in [5.41, 5.74) is 7.82. The molecule has 0 bridgehead atoms. The Hall–Kier alpha value is -1.68. The molecule has 2 aromatic rings. The van der Waals surface area contributed by atoms with Gasteiger partial charge in [0.05, 0.1) is 16.9 Å². The van der Waals surface area contributed by atoms with Gasteiger partial charge < -0.3 is 5.73 Å². The lowest BCUT2D eigenvalue weighted by Gasteiger charge is -2.23. The Bertz CT molecular complexity index is 645. The Kier molecular flexibility index (Phi) is 2.26. The molecule has 1 aromatic heterocycles. The molecule has 0 spiro atoms. The zero-order valence-electron chi connectivity index (χ0n) is 9.81. The first-order valence-electron chi connectivity index (χ1n) is 5.94. The summed E-state index contributed by atoms with van der Waals surface area (Å²) < 4.78 is 1.74. The predicted octanol–water partition coefficient (Wildman–Crippen LogP) is 1.50. The molecule has 0 unspecified atom stereocenters. The number of hydrogen-bond donors (Lipinski definition) is 1. The molecule has 1 atom stereocenters. The molecule has 2 N–H and O–H groups in total. The molecule has 4 heteroatoms. The van der Waals surface area contributed by atoms with Crippen LogP contribution >= 0.6 is 0 Å². The Morgan fingerprint density at radius 2 is 2.29 bits per heavy atom. The molecule has 1 aromatic carbocycles. The summed E-state index contributed by atoms with van der Waals surface area (Å²) in [5, 5.41) is 0.727. The van der Waals surface area contributed by atoms with E-state index in [4.69, 9.17) is 5.73 Å². The number of hydrogen-bond acceptors (Lipinski definition) is 3. The Morgan fingerprint density at radius 3 is 3.12 bits per heavy atom. The van der Waals surface area contributed by atoms with Crippen molar-refractivity contribution in [2.45, 2.75) is 32.4 Å². The highest BCUT2D eigenvalue weighted by atomic mass is 16.1. The molecule has 1 aliphatic heterocycles. The largest absolute Gasteiger partial charge is 0.321 e. The summed E-state index contributed by atoms with van der Waals surface area (Å²) in [6.45, 7) is 2.68. The van der Waals surface area contributed by atoms with Crippen LogP contribution in [0.5, 0.6) is 0 Å². The van der Waals surface area contributed by atoms with Gasteiger partial charge in [0, 0.05) is 6.54 Å². The van der Waals surface area contributed by atoms with Crippen LogP contribution in [0.25, 0.3) is 10.9 Å². The molecule has 1 aliphatic rings. The maximum Gasteiger partial charge on any atom is 0.261 e. The van der Waals surface area contributed by atoms with E-state index in [9.17, 15) is 4.79 Å². The molecule has 0 amide bonds. The smallest absolute Gasteiger partial charge is 0.261 e. The van der Waals surface area contributed by atoms with Crippen molar-refractivity contribution in [1.82, 2.24) is 9.55 Å². The first-order valence-corrected chi connectivity index (χ1v) is 5.94. The van der Waals surface area contributed by atoms with E-state index < -0.39 is 0 Å². The molecule has 0 saturated heterocycles. The second kappa shape index (κ2) is 3.67. The van der Waals surface area contributed by atoms with Crippen molar-refractivity contribution in [2.24, 2.45) is 5.73 Å². The minimum atomic E-state index is -0.110. The zero-order chi connectivity index (χ0) is 12.0. The van der Waals surface area contributed by atoms with Crippen molar-refractivity contribution in [3.63, 3.8) is 0 Å². The highest BCUT2D eigenvalue weighted by Crippen LogP contribution is 2.22. The third kappa shape index (κ3) is 1.48. The van der Waals surface area contributed by atoms with Crippen LogP contribution < -0.4 is 11.3 Å². The molecule has 17 heavy (non-hydrogen) atoms. The molecule has 0 radical (unpaired) electrons. The van der Waals surface area contributed by atoms with Gasteiger partial charge in [-0.2, -0.15) is 0 Å². The van der Waals surface area contributed by atoms with Crippen molar-refractivity contribution < 1.29 is 0 Å². The highest BCUT2D eigenvalue weighted by Gasteiger charge is 2.21. The van der Waals surface area contributed by atoms with E-state index in [-0.39, 0.29) is 11.6 Å². The first-order chi connectivity index (χ1) is 8.18. The van der Waals surface area contributed by atoms with Crippen LogP contribution in [0.1, 0.15) is 30.3 Å². The number of fused-ring (bicyclic) bond motifs is 2. The van der Waals surface area contributed by atoms with Crippen molar-refractivity contribution in [1.29, 1.82) is 0 Å². The monoisotopic (exact) mass is 229 g/mol. The lowest BCUT2D eigenvalue weighted by Crippen LogP contribution is -2.33. The van der Waals surface area contributed by atoms with Crippen LogP contribution in [0.2, 0.25) is 0 Å². The van der Waals surface area contributed by atoms with Gasteiger partial charge in [0.25, 0.3) is 5.56 Å². The van der Waals surface area contributed by atoms with Crippen LogP contribution in [0.3, 0.4) is 0 Å². The van der Waals surface area contributed by atoms with Crippen LogP contribution in [-0.2, 0) is 6.54 Å². The van der Waals surface area contributed by atoms with Gasteiger partial charge in [0.15, 0.2) is 0 Å². The van der Waals surface area contributed by atoms with Gasteiger partial charge in [-0.05, 0) is 31.4 Å². The zero-order valence-corrected chi connectivity index (χ0v) is 9.81. The fraction of sp³-hybridized carbons (Fsp3) is 0.385. The quantitative estimate of drug-likeness (QED) is 0.744. The van der Waals surface area contributed by atoms with Gasteiger partial charge in [0.1, 0.15) is 5.82 Å².